The fourth-order valence-corrected chi connectivity index (χ4v) is 2.86. The van der Waals surface area contributed by atoms with Gasteiger partial charge in [-0.3, -0.25) is 4.98 Å². The molecular weight excluding hydrogens is 260 g/mol. The van der Waals surface area contributed by atoms with E-state index in [2.05, 4.69) is 4.98 Å². The first-order chi connectivity index (χ1) is 9.25. The van der Waals surface area contributed by atoms with Crippen molar-refractivity contribution in [1.29, 1.82) is 0 Å². The minimum absolute atomic E-state index is 0.632. The molecule has 3 nitrogen and oxygen atoms in total. The zero-order valence-corrected chi connectivity index (χ0v) is 11.8. The standard InChI is InChI=1S/C15H17ClN2O/c1-10-14(16)13(9-11-4-7-19-8-5-11)18-12-3-2-6-17-15(10)12/h2-3,6,11H,4-5,7-9H2,1H3. The van der Waals surface area contributed by atoms with Crippen molar-refractivity contribution >= 4 is 22.6 Å². The molecule has 0 amide bonds. The van der Waals surface area contributed by atoms with E-state index in [9.17, 15) is 0 Å². The van der Waals surface area contributed by atoms with Crippen molar-refractivity contribution in [3.63, 3.8) is 0 Å². The maximum atomic E-state index is 6.46. The van der Waals surface area contributed by atoms with Crippen molar-refractivity contribution in [3.8, 4) is 0 Å². The number of hydrogen-bond donors (Lipinski definition) is 0. The second-order valence-corrected chi connectivity index (χ2v) is 5.51. The molecule has 1 aliphatic rings. The van der Waals surface area contributed by atoms with Crippen molar-refractivity contribution < 1.29 is 4.74 Å². The molecule has 0 unspecified atom stereocenters. The largest absolute Gasteiger partial charge is 0.381 e. The van der Waals surface area contributed by atoms with Crippen LogP contribution in [0, 0.1) is 12.8 Å². The molecule has 0 aromatic carbocycles. The topological polar surface area (TPSA) is 35.0 Å². The minimum atomic E-state index is 0.632. The summed E-state index contributed by atoms with van der Waals surface area (Å²) in [6.45, 7) is 3.74. The second-order valence-electron chi connectivity index (χ2n) is 5.13. The summed E-state index contributed by atoms with van der Waals surface area (Å²) in [5.41, 5.74) is 3.88. The van der Waals surface area contributed by atoms with Crippen LogP contribution in [0.1, 0.15) is 24.1 Å². The Morgan fingerprint density at radius 3 is 2.95 bits per heavy atom. The Morgan fingerprint density at radius 2 is 2.16 bits per heavy atom. The number of aromatic nitrogens is 2. The van der Waals surface area contributed by atoms with Gasteiger partial charge in [0.05, 0.1) is 21.7 Å². The molecule has 0 saturated carbocycles. The van der Waals surface area contributed by atoms with E-state index in [0.29, 0.717) is 5.92 Å². The predicted octanol–water partition coefficient (Wildman–Crippen LogP) is 3.56. The van der Waals surface area contributed by atoms with Gasteiger partial charge in [0, 0.05) is 19.4 Å². The third-order valence-electron chi connectivity index (χ3n) is 3.80. The molecule has 0 atom stereocenters. The molecule has 3 heterocycles. The van der Waals surface area contributed by atoms with Gasteiger partial charge in [0.1, 0.15) is 0 Å². The average molecular weight is 277 g/mol. The monoisotopic (exact) mass is 276 g/mol. The molecule has 4 heteroatoms. The van der Waals surface area contributed by atoms with Crippen LogP contribution in [0.15, 0.2) is 18.3 Å². The lowest BCUT2D eigenvalue weighted by atomic mass is 9.94. The van der Waals surface area contributed by atoms with Gasteiger partial charge in [-0.2, -0.15) is 0 Å². The molecule has 0 N–H and O–H groups in total. The summed E-state index contributed by atoms with van der Waals surface area (Å²) in [5, 5.41) is 0.776. The number of fused-ring (bicyclic) bond motifs is 1. The highest BCUT2D eigenvalue weighted by atomic mass is 35.5. The Labute approximate surface area is 118 Å². The molecule has 0 spiro atoms. The normalized spacial score (nSPS) is 16.9. The SMILES string of the molecule is Cc1c(Cl)c(CC2CCOCC2)nc2cccnc12. The Balaban J connectivity index is 1.96. The van der Waals surface area contributed by atoms with E-state index in [1.54, 1.807) is 6.20 Å². The summed E-state index contributed by atoms with van der Waals surface area (Å²) in [7, 11) is 0. The van der Waals surface area contributed by atoms with Gasteiger partial charge in [0.25, 0.3) is 0 Å². The van der Waals surface area contributed by atoms with Gasteiger partial charge in [-0.15, -0.1) is 0 Å². The van der Waals surface area contributed by atoms with Crippen LogP contribution < -0.4 is 0 Å². The molecule has 1 fully saturated rings. The molecule has 1 aliphatic heterocycles. The summed E-state index contributed by atoms with van der Waals surface area (Å²) in [6.07, 6.45) is 4.92. The highest BCUT2D eigenvalue weighted by molar-refractivity contribution is 6.32. The predicted molar refractivity (Wildman–Crippen MR) is 76.5 cm³/mol. The van der Waals surface area contributed by atoms with E-state index in [4.69, 9.17) is 21.3 Å². The maximum absolute atomic E-state index is 6.46. The smallest absolute Gasteiger partial charge is 0.0930 e. The van der Waals surface area contributed by atoms with E-state index in [-0.39, 0.29) is 0 Å². The number of hydrogen-bond acceptors (Lipinski definition) is 3. The van der Waals surface area contributed by atoms with Crippen LogP contribution in [0.3, 0.4) is 0 Å². The number of ether oxygens (including phenoxy) is 1. The molecule has 3 rings (SSSR count). The van der Waals surface area contributed by atoms with E-state index >= 15 is 0 Å². The molecule has 0 radical (unpaired) electrons. The van der Waals surface area contributed by atoms with Crippen LogP contribution in [-0.4, -0.2) is 23.2 Å². The first-order valence-corrected chi connectivity index (χ1v) is 7.11. The van der Waals surface area contributed by atoms with E-state index in [1.807, 2.05) is 19.1 Å². The lowest BCUT2D eigenvalue weighted by Gasteiger charge is -2.22. The first kappa shape index (κ1) is 12.8. The third-order valence-corrected chi connectivity index (χ3v) is 4.30. The molecule has 0 aliphatic carbocycles. The van der Waals surface area contributed by atoms with Crippen LogP contribution >= 0.6 is 11.6 Å². The number of rotatable bonds is 2. The molecule has 100 valence electrons. The number of halogens is 1. The van der Waals surface area contributed by atoms with Crippen LogP contribution in [-0.2, 0) is 11.2 Å². The minimum Gasteiger partial charge on any atom is -0.381 e. The molecular formula is C15H17ClN2O. The van der Waals surface area contributed by atoms with E-state index in [1.165, 1.54) is 0 Å². The zero-order chi connectivity index (χ0) is 13.2. The number of nitrogens with zero attached hydrogens (tertiary/aromatic N) is 2. The summed E-state index contributed by atoms with van der Waals surface area (Å²) in [6, 6.07) is 3.92. The lowest BCUT2D eigenvalue weighted by molar-refractivity contribution is 0.0663. The molecule has 0 bridgehead atoms. The molecule has 2 aromatic rings. The van der Waals surface area contributed by atoms with Crippen LogP contribution in [0.25, 0.3) is 11.0 Å². The number of aryl methyl sites for hydroxylation is 1. The molecule has 19 heavy (non-hydrogen) atoms. The van der Waals surface area contributed by atoms with Crippen molar-refractivity contribution in [1.82, 2.24) is 9.97 Å². The Bertz CT molecular complexity index is 594. The van der Waals surface area contributed by atoms with Crippen LogP contribution in [0.4, 0.5) is 0 Å². The van der Waals surface area contributed by atoms with Crippen LogP contribution in [0.2, 0.25) is 5.02 Å². The maximum Gasteiger partial charge on any atom is 0.0930 e. The Hall–Kier alpha value is -1.19. The van der Waals surface area contributed by atoms with Crippen molar-refractivity contribution in [2.24, 2.45) is 5.92 Å². The van der Waals surface area contributed by atoms with Gasteiger partial charge in [0.15, 0.2) is 0 Å². The summed E-state index contributed by atoms with van der Waals surface area (Å²) >= 11 is 6.46. The summed E-state index contributed by atoms with van der Waals surface area (Å²) < 4.78 is 5.40. The van der Waals surface area contributed by atoms with Gasteiger partial charge < -0.3 is 4.74 Å². The highest BCUT2D eigenvalue weighted by Crippen LogP contribution is 2.29. The fourth-order valence-electron chi connectivity index (χ4n) is 2.65. The lowest BCUT2D eigenvalue weighted by Crippen LogP contribution is -2.18. The molecule has 1 saturated heterocycles. The summed E-state index contributed by atoms with van der Waals surface area (Å²) in [4.78, 5) is 9.06. The molecule has 2 aromatic heterocycles. The zero-order valence-electron chi connectivity index (χ0n) is 11.0. The van der Waals surface area contributed by atoms with E-state index in [0.717, 1.165) is 59.8 Å². The van der Waals surface area contributed by atoms with Gasteiger partial charge in [-0.1, -0.05) is 11.6 Å². The second kappa shape index (κ2) is 5.43. The quantitative estimate of drug-likeness (QED) is 0.841. The first-order valence-electron chi connectivity index (χ1n) is 6.73. The fraction of sp³-hybridized carbons (Fsp3) is 0.467. The van der Waals surface area contributed by atoms with Crippen molar-refractivity contribution in [3.05, 3.63) is 34.6 Å². The van der Waals surface area contributed by atoms with Crippen molar-refractivity contribution in [2.45, 2.75) is 26.2 Å². The van der Waals surface area contributed by atoms with Crippen LogP contribution in [0.5, 0.6) is 0 Å². The van der Waals surface area contributed by atoms with Gasteiger partial charge in [0.2, 0.25) is 0 Å². The van der Waals surface area contributed by atoms with Gasteiger partial charge >= 0.3 is 0 Å². The Morgan fingerprint density at radius 1 is 1.37 bits per heavy atom. The van der Waals surface area contributed by atoms with E-state index < -0.39 is 0 Å². The number of pyridine rings is 2. The summed E-state index contributed by atoms with van der Waals surface area (Å²) in [5.74, 6) is 0.632. The average Bonchev–Trinajstić information content (AvgIpc) is 2.46. The Kier molecular flexibility index (Phi) is 3.67. The third kappa shape index (κ3) is 2.58. The van der Waals surface area contributed by atoms with Gasteiger partial charge in [-0.25, -0.2) is 4.98 Å². The highest BCUT2D eigenvalue weighted by Gasteiger charge is 2.18. The van der Waals surface area contributed by atoms with Gasteiger partial charge in [-0.05, 0) is 49.8 Å². The van der Waals surface area contributed by atoms with Crippen molar-refractivity contribution in [2.75, 3.05) is 13.2 Å².